The number of hydrogen-bond acceptors (Lipinski definition) is 7. The average molecular weight is 458 g/mol. The second kappa shape index (κ2) is 7.55. The van der Waals surface area contributed by atoms with Gasteiger partial charge in [0.2, 0.25) is 0 Å². The van der Waals surface area contributed by atoms with Crippen molar-refractivity contribution in [3.63, 3.8) is 0 Å². The summed E-state index contributed by atoms with van der Waals surface area (Å²) in [6.45, 7) is 1.49. The molecule has 2 fully saturated rings. The summed E-state index contributed by atoms with van der Waals surface area (Å²) in [6.07, 6.45) is 1.10. The molecule has 0 spiro atoms. The van der Waals surface area contributed by atoms with Crippen molar-refractivity contribution in [3.8, 4) is 0 Å². The van der Waals surface area contributed by atoms with Crippen molar-refractivity contribution in [1.29, 1.82) is 0 Å². The summed E-state index contributed by atoms with van der Waals surface area (Å²) >= 11 is 0. The summed E-state index contributed by atoms with van der Waals surface area (Å²) in [6, 6.07) is 0.565. The fraction of sp³-hybridized carbons (Fsp3) is 0.526. The number of hydrogen-bond donors (Lipinski definition) is 1. The fourth-order valence-corrected chi connectivity index (χ4v) is 5.58. The van der Waals surface area contributed by atoms with Gasteiger partial charge in [-0.2, -0.15) is 9.19 Å². The van der Waals surface area contributed by atoms with E-state index in [2.05, 4.69) is 10.00 Å². The van der Waals surface area contributed by atoms with Gasteiger partial charge in [0.1, 0.15) is 17.2 Å². The number of aromatic nitrogens is 2. The van der Waals surface area contributed by atoms with Crippen molar-refractivity contribution in [2.75, 3.05) is 19.8 Å². The highest BCUT2D eigenvalue weighted by molar-refractivity contribution is 7.90. The molecular formula is C19H21F3N4O4S. The number of nitrogens with zero attached hydrogens (tertiary/aromatic N) is 3. The summed E-state index contributed by atoms with van der Waals surface area (Å²) < 4.78 is 77.6. The number of nitrogens with two attached hydrogens (primary N) is 1. The van der Waals surface area contributed by atoms with E-state index in [-0.39, 0.29) is 31.4 Å². The molecule has 1 aromatic carbocycles. The maximum atomic E-state index is 14.1. The molecule has 0 saturated carbocycles. The molecule has 8 nitrogen and oxygen atoms in total. The third-order valence-corrected chi connectivity index (χ3v) is 7.96. The molecule has 0 aliphatic carbocycles. The van der Waals surface area contributed by atoms with Crippen molar-refractivity contribution in [2.45, 2.75) is 42.9 Å². The van der Waals surface area contributed by atoms with E-state index in [9.17, 15) is 21.6 Å². The molecule has 0 amide bonds. The summed E-state index contributed by atoms with van der Waals surface area (Å²) in [7, 11) is -3.56. The lowest BCUT2D eigenvalue weighted by atomic mass is 9.93. The fourth-order valence-electron chi connectivity index (χ4n) is 4.25. The van der Waals surface area contributed by atoms with Crippen LogP contribution in [0.25, 0.3) is 0 Å². The first-order valence-corrected chi connectivity index (χ1v) is 11.4. The maximum Gasteiger partial charge on any atom is 0.261 e. The molecule has 3 atom stereocenters. The van der Waals surface area contributed by atoms with Crippen molar-refractivity contribution in [3.05, 3.63) is 52.6 Å². The molecule has 0 unspecified atom stereocenters. The SMILES string of the molecule is N[C@H]1C[C@@H](N2Cc3cn(S(=O)(=O)C4COC4)nc3C2)CO[C@@H]1c1cc(F)c(F)cc1F. The minimum atomic E-state index is -3.56. The highest BCUT2D eigenvalue weighted by Gasteiger charge is 2.39. The zero-order chi connectivity index (χ0) is 21.9. The van der Waals surface area contributed by atoms with Gasteiger partial charge in [-0.1, -0.05) is 0 Å². The summed E-state index contributed by atoms with van der Waals surface area (Å²) in [4.78, 5) is 2.07. The second-order valence-corrected chi connectivity index (χ2v) is 10.2. The van der Waals surface area contributed by atoms with Crippen LogP contribution in [-0.2, 0) is 32.6 Å². The molecular weight excluding hydrogens is 437 g/mol. The van der Waals surface area contributed by atoms with Crippen molar-refractivity contribution in [1.82, 2.24) is 14.1 Å². The molecule has 5 rings (SSSR count). The molecule has 0 radical (unpaired) electrons. The lowest BCUT2D eigenvalue weighted by molar-refractivity contribution is -0.0533. The van der Waals surface area contributed by atoms with Gasteiger partial charge in [0.25, 0.3) is 10.0 Å². The van der Waals surface area contributed by atoms with E-state index in [1.54, 1.807) is 0 Å². The van der Waals surface area contributed by atoms with Crippen molar-refractivity contribution >= 4 is 10.0 Å². The Morgan fingerprint density at radius 2 is 1.81 bits per heavy atom. The molecule has 168 valence electrons. The Labute approximate surface area is 176 Å². The lowest BCUT2D eigenvalue weighted by Gasteiger charge is -2.38. The van der Waals surface area contributed by atoms with Crippen LogP contribution in [-0.4, -0.2) is 59.7 Å². The van der Waals surface area contributed by atoms with E-state index in [1.807, 2.05) is 0 Å². The summed E-state index contributed by atoms with van der Waals surface area (Å²) in [5.41, 5.74) is 7.58. The molecule has 12 heteroatoms. The van der Waals surface area contributed by atoms with Crippen LogP contribution < -0.4 is 5.73 Å². The Hall–Kier alpha value is -1.99. The molecule has 1 aromatic heterocycles. The molecule has 3 aliphatic rings. The zero-order valence-electron chi connectivity index (χ0n) is 16.4. The number of benzene rings is 1. The Balaban J connectivity index is 1.26. The van der Waals surface area contributed by atoms with E-state index in [1.165, 1.54) is 6.20 Å². The monoisotopic (exact) mass is 458 g/mol. The number of halogens is 3. The standard InChI is InChI=1S/C19H21F3N4O4S/c20-14-3-16(22)15(21)2-13(14)19-17(23)1-11(7-30-19)25-4-10-5-26(24-18(10)6-25)31(27,28)12-8-29-9-12/h2-3,5,11-12,17,19H,1,4,6-9,23H2/t11-,17+,19-/m1/s1. The van der Waals surface area contributed by atoms with Crippen molar-refractivity contribution in [2.24, 2.45) is 5.73 Å². The third kappa shape index (κ3) is 3.55. The first-order chi connectivity index (χ1) is 14.7. The molecule has 4 heterocycles. The number of fused-ring (bicyclic) bond motifs is 1. The van der Waals surface area contributed by atoms with Gasteiger partial charge >= 0.3 is 0 Å². The van der Waals surface area contributed by atoms with Gasteiger partial charge in [-0.3, -0.25) is 4.90 Å². The normalized spacial score (nSPS) is 27.3. The predicted molar refractivity (Wildman–Crippen MR) is 102 cm³/mol. The zero-order valence-corrected chi connectivity index (χ0v) is 17.2. The molecule has 31 heavy (non-hydrogen) atoms. The van der Waals surface area contributed by atoms with Crippen LogP contribution in [0.3, 0.4) is 0 Å². The molecule has 2 aromatic rings. The van der Waals surface area contributed by atoms with Gasteiger partial charge in [-0.25, -0.2) is 21.6 Å². The van der Waals surface area contributed by atoms with Crippen LogP contribution in [0.15, 0.2) is 18.3 Å². The Morgan fingerprint density at radius 1 is 1.06 bits per heavy atom. The van der Waals surface area contributed by atoms with E-state index in [0.29, 0.717) is 31.3 Å². The van der Waals surface area contributed by atoms with Crippen molar-refractivity contribution < 1.29 is 31.1 Å². The maximum absolute atomic E-state index is 14.1. The van der Waals surface area contributed by atoms with Gasteiger partial charge < -0.3 is 15.2 Å². The predicted octanol–water partition coefficient (Wildman–Crippen LogP) is 1.05. The lowest BCUT2D eigenvalue weighted by Crippen LogP contribution is -2.48. The Bertz CT molecular complexity index is 1100. The van der Waals surface area contributed by atoms with E-state index in [4.69, 9.17) is 15.2 Å². The highest BCUT2D eigenvalue weighted by Crippen LogP contribution is 2.34. The minimum absolute atomic E-state index is 0.0982. The van der Waals surface area contributed by atoms with E-state index in [0.717, 1.165) is 15.7 Å². The van der Waals surface area contributed by atoms with Gasteiger partial charge in [-0.05, 0) is 12.5 Å². The van der Waals surface area contributed by atoms with Gasteiger partial charge in [0, 0.05) is 48.6 Å². The van der Waals surface area contributed by atoms with Crippen LogP contribution in [0, 0.1) is 17.5 Å². The smallest absolute Gasteiger partial charge is 0.261 e. The second-order valence-electron chi connectivity index (χ2n) is 8.18. The van der Waals surface area contributed by atoms with Gasteiger partial charge in [0.15, 0.2) is 11.6 Å². The quantitative estimate of drug-likeness (QED) is 0.684. The topological polar surface area (TPSA) is 99.7 Å². The molecule has 2 N–H and O–H groups in total. The van der Waals surface area contributed by atoms with Crippen LogP contribution >= 0.6 is 0 Å². The third-order valence-electron chi connectivity index (χ3n) is 6.14. The molecule has 2 saturated heterocycles. The van der Waals surface area contributed by atoms with E-state index < -0.39 is 44.9 Å². The average Bonchev–Trinajstić information content (AvgIpc) is 3.23. The van der Waals surface area contributed by atoms with Crippen LogP contribution in [0.5, 0.6) is 0 Å². The van der Waals surface area contributed by atoms with Gasteiger partial charge in [-0.15, -0.1) is 0 Å². The van der Waals surface area contributed by atoms with E-state index >= 15 is 0 Å². The Kier molecular flexibility index (Phi) is 5.09. The van der Waals surface area contributed by atoms with Gasteiger partial charge in [0.05, 0.1) is 25.5 Å². The number of rotatable bonds is 4. The summed E-state index contributed by atoms with van der Waals surface area (Å²) in [5, 5.41) is 3.69. The van der Waals surface area contributed by atoms with Crippen LogP contribution in [0.4, 0.5) is 13.2 Å². The summed E-state index contributed by atoms with van der Waals surface area (Å²) in [5.74, 6) is -3.31. The van der Waals surface area contributed by atoms with Crippen LogP contribution in [0.2, 0.25) is 0 Å². The number of ether oxygens (including phenoxy) is 2. The first-order valence-electron chi connectivity index (χ1n) is 9.89. The Morgan fingerprint density at radius 3 is 2.45 bits per heavy atom. The molecule has 0 bridgehead atoms. The molecule has 3 aliphatic heterocycles. The largest absolute Gasteiger partial charge is 0.378 e. The van der Waals surface area contributed by atoms with Crippen LogP contribution in [0.1, 0.15) is 29.3 Å². The minimum Gasteiger partial charge on any atom is -0.378 e. The first kappa shape index (κ1) is 20.9. The highest BCUT2D eigenvalue weighted by atomic mass is 32.2.